The van der Waals surface area contributed by atoms with Gasteiger partial charge >= 0.3 is 0 Å². The van der Waals surface area contributed by atoms with Crippen LogP contribution in [0.2, 0.25) is 4.34 Å². The quantitative estimate of drug-likeness (QED) is 0.790. The van der Waals surface area contributed by atoms with Crippen LogP contribution < -0.4 is 0 Å². The van der Waals surface area contributed by atoms with E-state index in [0.717, 1.165) is 4.47 Å². The fraction of sp³-hybridized carbons (Fsp3) is 0. The van der Waals surface area contributed by atoms with Crippen molar-refractivity contribution < 1.29 is 4.79 Å². The van der Waals surface area contributed by atoms with Crippen molar-refractivity contribution in [2.24, 2.45) is 0 Å². The molecule has 5 heteroatoms. The second-order valence-corrected chi connectivity index (χ2v) is 5.43. The third-order valence-corrected chi connectivity index (χ3v) is 3.46. The predicted octanol–water partition coefficient (Wildman–Crippen LogP) is 3.79. The van der Waals surface area contributed by atoms with Crippen molar-refractivity contribution in [1.82, 2.24) is 4.98 Å². The molecule has 0 fully saturated rings. The number of carbonyl (C=O) groups is 1. The third-order valence-electron chi connectivity index (χ3n) is 1.76. The molecule has 0 bridgehead atoms. The summed E-state index contributed by atoms with van der Waals surface area (Å²) in [5.41, 5.74) is 0.428. The van der Waals surface area contributed by atoms with Gasteiger partial charge in [-0.3, -0.25) is 9.78 Å². The Kier molecular flexibility index (Phi) is 3.19. The minimum Gasteiger partial charge on any atom is -0.286 e. The molecule has 0 atom stereocenters. The van der Waals surface area contributed by atoms with E-state index < -0.39 is 0 Å². The number of nitrogens with zero attached hydrogens (tertiary/aromatic N) is 1. The van der Waals surface area contributed by atoms with Crippen LogP contribution in [0, 0.1) is 0 Å². The molecule has 0 N–H and O–H groups in total. The molecule has 2 nitrogen and oxygen atoms in total. The van der Waals surface area contributed by atoms with Gasteiger partial charge in [0.15, 0.2) is 0 Å². The van der Waals surface area contributed by atoms with Crippen LogP contribution in [0.25, 0.3) is 0 Å². The van der Waals surface area contributed by atoms with Gasteiger partial charge in [-0.05, 0) is 40.2 Å². The van der Waals surface area contributed by atoms with Crippen LogP contribution in [0.3, 0.4) is 0 Å². The number of rotatable bonds is 2. The summed E-state index contributed by atoms with van der Waals surface area (Å²) in [6, 6.07) is 6.88. The maximum atomic E-state index is 11.8. The van der Waals surface area contributed by atoms with E-state index >= 15 is 0 Å². The van der Waals surface area contributed by atoms with Gasteiger partial charge in [-0.25, -0.2) is 0 Å². The van der Waals surface area contributed by atoms with Crippen molar-refractivity contribution in [2.75, 3.05) is 0 Å². The molecule has 76 valence electrons. The summed E-state index contributed by atoms with van der Waals surface area (Å²) < 4.78 is 1.46. The van der Waals surface area contributed by atoms with Gasteiger partial charge in [0, 0.05) is 10.7 Å². The van der Waals surface area contributed by atoms with Crippen molar-refractivity contribution in [3.05, 3.63) is 49.8 Å². The Morgan fingerprint density at radius 3 is 2.67 bits per heavy atom. The fourth-order valence-electron chi connectivity index (χ4n) is 1.07. The molecule has 2 aromatic heterocycles. The van der Waals surface area contributed by atoms with Gasteiger partial charge in [0.25, 0.3) is 0 Å². The SMILES string of the molecule is O=C(c1ccc(Br)cn1)c1ccc(Cl)s1. The summed E-state index contributed by atoms with van der Waals surface area (Å²) in [5.74, 6) is -0.0978. The lowest BCUT2D eigenvalue weighted by Gasteiger charge is -1.96. The van der Waals surface area contributed by atoms with E-state index in [1.165, 1.54) is 11.3 Å². The van der Waals surface area contributed by atoms with E-state index in [-0.39, 0.29) is 5.78 Å². The molecular weight excluding hydrogens is 298 g/mol. The maximum absolute atomic E-state index is 11.8. The molecule has 15 heavy (non-hydrogen) atoms. The maximum Gasteiger partial charge on any atom is 0.221 e. The van der Waals surface area contributed by atoms with Crippen LogP contribution >= 0.6 is 38.9 Å². The van der Waals surface area contributed by atoms with Crippen LogP contribution in [0.15, 0.2) is 34.9 Å². The van der Waals surface area contributed by atoms with Crippen LogP contribution in [-0.4, -0.2) is 10.8 Å². The Labute approximate surface area is 104 Å². The second-order valence-electron chi connectivity index (χ2n) is 2.79. The highest BCUT2D eigenvalue weighted by molar-refractivity contribution is 9.10. The van der Waals surface area contributed by atoms with E-state index in [1.807, 2.05) is 0 Å². The third kappa shape index (κ3) is 2.45. The van der Waals surface area contributed by atoms with Gasteiger partial charge in [-0.15, -0.1) is 11.3 Å². The monoisotopic (exact) mass is 301 g/mol. The average molecular weight is 303 g/mol. The van der Waals surface area contributed by atoms with E-state index in [9.17, 15) is 4.79 Å². The molecule has 0 aliphatic heterocycles. The number of hydrogen-bond acceptors (Lipinski definition) is 3. The summed E-state index contributed by atoms with van der Waals surface area (Å²) in [5, 5.41) is 0. The number of hydrogen-bond donors (Lipinski definition) is 0. The Morgan fingerprint density at radius 1 is 1.33 bits per heavy atom. The normalized spacial score (nSPS) is 10.3. The van der Waals surface area contributed by atoms with Gasteiger partial charge in [-0.1, -0.05) is 11.6 Å². The molecule has 0 aromatic carbocycles. The van der Waals surface area contributed by atoms with Crippen molar-refractivity contribution in [1.29, 1.82) is 0 Å². The highest BCUT2D eigenvalue weighted by Crippen LogP contribution is 2.23. The highest BCUT2D eigenvalue weighted by Gasteiger charge is 2.12. The fourth-order valence-corrected chi connectivity index (χ4v) is 2.30. The molecule has 0 unspecified atom stereocenters. The Morgan fingerprint density at radius 2 is 2.13 bits per heavy atom. The van der Waals surface area contributed by atoms with Crippen molar-refractivity contribution in [3.63, 3.8) is 0 Å². The van der Waals surface area contributed by atoms with E-state index in [2.05, 4.69) is 20.9 Å². The predicted molar refractivity (Wildman–Crippen MR) is 64.7 cm³/mol. The number of halogens is 2. The van der Waals surface area contributed by atoms with Crippen LogP contribution in [0.1, 0.15) is 15.4 Å². The molecule has 0 aliphatic carbocycles. The largest absolute Gasteiger partial charge is 0.286 e. The minimum atomic E-state index is -0.0978. The molecule has 2 aromatic rings. The molecule has 0 amide bonds. The summed E-state index contributed by atoms with van der Waals surface area (Å²) in [7, 11) is 0. The topological polar surface area (TPSA) is 30.0 Å². The number of carbonyl (C=O) groups excluding carboxylic acids is 1. The molecule has 2 heterocycles. The minimum absolute atomic E-state index is 0.0978. The molecule has 0 aliphatic rings. The van der Waals surface area contributed by atoms with E-state index in [0.29, 0.717) is 14.9 Å². The van der Waals surface area contributed by atoms with Crippen LogP contribution in [-0.2, 0) is 0 Å². The lowest BCUT2D eigenvalue weighted by atomic mass is 10.2. The smallest absolute Gasteiger partial charge is 0.221 e. The number of ketones is 1. The lowest BCUT2D eigenvalue weighted by molar-refractivity contribution is 0.103. The zero-order valence-electron chi connectivity index (χ0n) is 7.41. The van der Waals surface area contributed by atoms with E-state index in [1.54, 1.807) is 30.5 Å². The van der Waals surface area contributed by atoms with Crippen molar-refractivity contribution in [2.45, 2.75) is 0 Å². The zero-order chi connectivity index (χ0) is 10.8. The second kappa shape index (κ2) is 4.43. The van der Waals surface area contributed by atoms with Crippen molar-refractivity contribution >= 4 is 44.7 Å². The molecule has 2 rings (SSSR count). The summed E-state index contributed by atoms with van der Waals surface area (Å²) in [4.78, 5) is 16.5. The molecule has 0 saturated carbocycles. The summed E-state index contributed by atoms with van der Waals surface area (Å²) >= 11 is 10.3. The molecular formula is C10H5BrClNOS. The number of thiophene rings is 1. The van der Waals surface area contributed by atoms with Crippen LogP contribution in [0.4, 0.5) is 0 Å². The number of pyridine rings is 1. The molecule has 0 saturated heterocycles. The van der Waals surface area contributed by atoms with Crippen molar-refractivity contribution in [3.8, 4) is 0 Å². The Hall–Kier alpha value is -0.710. The average Bonchev–Trinajstić information content (AvgIpc) is 2.65. The Bertz CT molecular complexity index is 494. The van der Waals surface area contributed by atoms with Gasteiger partial charge in [0.1, 0.15) is 5.69 Å². The van der Waals surface area contributed by atoms with Gasteiger partial charge in [0.2, 0.25) is 5.78 Å². The Balaban J connectivity index is 2.32. The first-order valence-corrected chi connectivity index (χ1v) is 6.07. The van der Waals surface area contributed by atoms with Gasteiger partial charge in [0.05, 0.1) is 9.21 Å². The first-order chi connectivity index (χ1) is 7.16. The summed E-state index contributed by atoms with van der Waals surface area (Å²) in [6.45, 7) is 0. The van der Waals surface area contributed by atoms with Crippen LogP contribution in [0.5, 0.6) is 0 Å². The van der Waals surface area contributed by atoms with E-state index in [4.69, 9.17) is 11.6 Å². The first-order valence-electron chi connectivity index (χ1n) is 4.08. The highest BCUT2D eigenvalue weighted by atomic mass is 79.9. The lowest BCUT2D eigenvalue weighted by Crippen LogP contribution is -2.00. The standard InChI is InChI=1S/C10H5BrClNOS/c11-6-1-2-7(13-5-6)10(14)8-3-4-9(12)15-8/h1-5H. The first kappa shape index (κ1) is 10.8. The van der Waals surface area contributed by atoms with Gasteiger partial charge < -0.3 is 0 Å². The molecule has 0 spiro atoms. The molecule has 0 radical (unpaired) electrons. The van der Waals surface area contributed by atoms with Gasteiger partial charge in [-0.2, -0.15) is 0 Å². The number of aromatic nitrogens is 1. The zero-order valence-corrected chi connectivity index (χ0v) is 10.6. The summed E-state index contributed by atoms with van der Waals surface area (Å²) in [6.07, 6.45) is 1.60.